The molecule has 3 nitrogen and oxygen atoms in total. The predicted octanol–water partition coefficient (Wildman–Crippen LogP) is 2.00. The van der Waals surface area contributed by atoms with Crippen molar-refractivity contribution in [2.45, 2.75) is 13.0 Å². The normalized spacial score (nSPS) is 10.3. The van der Waals surface area contributed by atoms with Crippen molar-refractivity contribution < 1.29 is 8.78 Å². The summed E-state index contributed by atoms with van der Waals surface area (Å²) in [6, 6.07) is 1.59. The van der Waals surface area contributed by atoms with Crippen LogP contribution < -0.4 is 5.73 Å². The van der Waals surface area contributed by atoms with Gasteiger partial charge < -0.3 is 5.73 Å². The summed E-state index contributed by atoms with van der Waals surface area (Å²) in [5, 5.41) is 8.58. The van der Waals surface area contributed by atoms with Crippen LogP contribution in [0.4, 0.5) is 8.78 Å². The molecule has 0 fully saturated rings. The highest BCUT2D eigenvalue weighted by atomic mass is 35.5. The number of hydrogen-bond donors (Lipinski definition) is 1. The third kappa shape index (κ3) is 1.81. The van der Waals surface area contributed by atoms with Crippen molar-refractivity contribution in [1.82, 2.24) is 4.98 Å². The van der Waals surface area contributed by atoms with Gasteiger partial charge in [-0.15, -0.1) is 0 Å². The molecule has 0 aliphatic heterocycles. The summed E-state index contributed by atoms with van der Waals surface area (Å²) in [6.07, 6.45) is -1.65. The van der Waals surface area contributed by atoms with Gasteiger partial charge >= 0.3 is 0 Å². The smallest absolute Gasteiger partial charge is 0.281 e. The van der Waals surface area contributed by atoms with E-state index in [1.165, 1.54) is 0 Å². The zero-order valence-corrected chi connectivity index (χ0v) is 7.72. The minimum Gasteiger partial charge on any atom is -0.326 e. The number of alkyl halides is 2. The van der Waals surface area contributed by atoms with E-state index >= 15 is 0 Å². The number of pyridine rings is 1. The van der Waals surface area contributed by atoms with Gasteiger partial charge in [0.15, 0.2) is 0 Å². The standard InChI is InChI=1S/C8H6ClF2N3/c9-6-4(1-12)3-14-7(8(10)11)5(6)2-13/h3,8H,1,12H2. The monoisotopic (exact) mass is 217 g/mol. The van der Waals surface area contributed by atoms with Gasteiger partial charge in [-0.2, -0.15) is 5.26 Å². The molecule has 2 N–H and O–H groups in total. The van der Waals surface area contributed by atoms with E-state index in [4.69, 9.17) is 22.6 Å². The fraction of sp³-hybridized carbons (Fsp3) is 0.250. The summed E-state index contributed by atoms with van der Waals surface area (Å²) in [5.41, 5.74) is 4.76. The lowest BCUT2D eigenvalue weighted by atomic mass is 10.1. The molecule has 0 aromatic carbocycles. The molecule has 14 heavy (non-hydrogen) atoms. The average Bonchev–Trinajstić information content (AvgIpc) is 2.17. The molecule has 0 aliphatic rings. The van der Waals surface area contributed by atoms with Gasteiger partial charge in [0.25, 0.3) is 6.43 Å². The Hall–Kier alpha value is -1.25. The lowest BCUT2D eigenvalue weighted by Gasteiger charge is -2.06. The van der Waals surface area contributed by atoms with E-state index < -0.39 is 12.1 Å². The molecule has 0 radical (unpaired) electrons. The van der Waals surface area contributed by atoms with Crippen molar-refractivity contribution in [3.63, 3.8) is 0 Å². The van der Waals surface area contributed by atoms with Gasteiger partial charge in [-0.05, 0) is 0 Å². The van der Waals surface area contributed by atoms with Crippen molar-refractivity contribution in [2.75, 3.05) is 0 Å². The van der Waals surface area contributed by atoms with Crippen LogP contribution in [0.5, 0.6) is 0 Å². The topological polar surface area (TPSA) is 62.7 Å². The molecular formula is C8H6ClF2N3. The van der Waals surface area contributed by atoms with Crippen LogP contribution in [0.2, 0.25) is 5.02 Å². The van der Waals surface area contributed by atoms with Crippen molar-refractivity contribution in [3.05, 3.63) is 28.0 Å². The van der Waals surface area contributed by atoms with Crippen LogP contribution in [-0.4, -0.2) is 4.98 Å². The van der Waals surface area contributed by atoms with Crippen LogP contribution in [-0.2, 0) is 6.54 Å². The Morgan fingerprint density at radius 1 is 1.64 bits per heavy atom. The maximum Gasteiger partial charge on any atom is 0.281 e. The fourth-order valence-electron chi connectivity index (χ4n) is 0.956. The van der Waals surface area contributed by atoms with Gasteiger partial charge in [-0.1, -0.05) is 11.6 Å². The number of nitriles is 1. The number of rotatable bonds is 2. The van der Waals surface area contributed by atoms with Crippen molar-refractivity contribution in [2.24, 2.45) is 5.73 Å². The summed E-state index contributed by atoms with van der Waals surface area (Å²) in [4.78, 5) is 3.44. The van der Waals surface area contributed by atoms with Gasteiger partial charge in [-0.3, -0.25) is 4.98 Å². The highest BCUT2D eigenvalue weighted by Crippen LogP contribution is 2.27. The SMILES string of the molecule is N#Cc1c(C(F)F)ncc(CN)c1Cl. The Kier molecular flexibility index (Phi) is 3.33. The van der Waals surface area contributed by atoms with E-state index in [1.807, 2.05) is 0 Å². The number of hydrogen-bond acceptors (Lipinski definition) is 3. The first-order valence-corrected chi connectivity index (χ1v) is 4.05. The van der Waals surface area contributed by atoms with E-state index in [-0.39, 0.29) is 17.1 Å². The lowest BCUT2D eigenvalue weighted by Crippen LogP contribution is -2.03. The molecule has 1 aromatic rings. The first kappa shape index (κ1) is 10.8. The molecule has 1 rings (SSSR count). The van der Waals surface area contributed by atoms with Crippen molar-refractivity contribution in [1.29, 1.82) is 5.26 Å². The number of nitrogens with two attached hydrogens (primary N) is 1. The van der Waals surface area contributed by atoms with Crippen LogP contribution in [0.15, 0.2) is 6.20 Å². The van der Waals surface area contributed by atoms with Crippen LogP contribution in [0, 0.1) is 11.3 Å². The molecule has 0 saturated carbocycles. The molecule has 1 aromatic heterocycles. The zero-order valence-electron chi connectivity index (χ0n) is 6.97. The summed E-state index contributed by atoms with van der Waals surface area (Å²) >= 11 is 5.68. The minimum atomic E-state index is -2.81. The molecule has 0 aliphatic carbocycles. The van der Waals surface area contributed by atoms with Crippen LogP contribution >= 0.6 is 11.6 Å². The second-order valence-corrected chi connectivity index (χ2v) is 2.85. The minimum absolute atomic E-state index is 0.0414. The van der Waals surface area contributed by atoms with E-state index in [0.29, 0.717) is 5.56 Å². The Balaban J connectivity index is 3.38. The van der Waals surface area contributed by atoms with Crippen LogP contribution in [0.25, 0.3) is 0 Å². The Bertz CT molecular complexity index is 387. The Morgan fingerprint density at radius 2 is 2.29 bits per heavy atom. The van der Waals surface area contributed by atoms with Gasteiger partial charge in [0.1, 0.15) is 11.8 Å². The molecule has 0 amide bonds. The van der Waals surface area contributed by atoms with Gasteiger partial charge in [0, 0.05) is 18.3 Å². The molecule has 0 saturated heterocycles. The first-order valence-electron chi connectivity index (χ1n) is 3.67. The van der Waals surface area contributed by atoms with E-state index in [0.717, 1.165) is 6.20 Å². The third-order valence-electron chi connectivity index (χ3n) is 1.66. The molecule has 6 heteroatoms. The predicted molar refractivity (Wildman–Crippen MR) is 46.8 cm³/mol. The molecule has 0 unspecified atom stereocenters. The van der Waals surface area contributed by atoms with E-state index in [9.17, 15) is 8.78 Å². The third-order valence-corrected chi connectivity index (χ3v) is 2.09. The summed E-state index contributed by atoms with van der Waals surface area (Å²) < 4.78 is 24.7. The van der Waals surface area contributed by atoms with Crippen LogP contribution in [0.3, 0.4) is 0 Å². The van der Waals surface area contributed by atoms with E-state index in [2.05, 4.69) is 4.98 Å². The maximum absolute atomic E-state index is 12.3. The number of nitrogens with zero attached hydrogens (tertiary/aromatic N) is 2. The fourth-order valence-corrected chi connectivity index (χ4v) is 1.22. The number of halogens is 3. The largest absolute Gasteiger partial charge is 0.326 e. The van der Waals surface area contributed by atoms with Crippen molar-refractivity contribution >= 4 is 11.6 Å². The highest BCUT2D eigenvalue weighted by Gasteiger charge is 2.19. The lowest BCUT2D eigenvalue weighted by molar-refractivity contribution is 0.145. The first-order chi connectivity index (χ1) is 6.61. The number of aromatic nitrogens is 1. The highest BCUT2D eigenvalue weighted by molar-refractivity contribution is 6.32. The summed E-state index contributed by atoms with van der Waals surface area (Å²) in [6.45, 7) is 0.0596. The van der Waals surface area contributed by atoms with Gasteiger partial charge in [0.2, 0.25) is 0 Å². The Morgan fingerprint density at radius 3 is 2.71 bits per heavy atom. The second kappa shape index (κ2) is 4.31. The maximum atomic E-state index is 12.3. The molecule has 0 atom stereocenters. The quantitative estimate of drug-likeness (QED) is 0.824. The van der Waals surface area contributed by atoms with Crippen molar-refractivity contribution in [3.8, 4) is 6.07 Å². The molecule has 0 bridgehead atoms. The Labute approximate surface area is 84.1 Å². The molecular weight excluding hydrogens is 212 g/mol. The molecule has 1 heterocycles. The average molecular weight is 218 g/mol. The molecule has 0 spiro atoms. The second-order valence-electron chi connectivity index (χ2n) is 2.47. The molecule has 74 valence electrons. The van der Waals surface area contributed by atoms with Crippen LogP contribution in [0.1, 0.15) is 23.2 Å². The summed E-state index contributed by atoms with van der Waals surface area (Å²) in [5.74, 6) is 0. The van der Waals surface area contributed by atoms with Gasteiger partial charge in [-0.25, -0.2) is 8.78 Å². The van der Waals surface area contributed by atoms with Gasteiger partial charge in [0.05, 0.1) is 10.6 Å². The summed E-state index contributed by atoms with van der Waals surface area (Å²) in [7, 11) is 0. The van der Waals surface area contributed by atoms with E-state index in [1.54, 1.807) is 6.07 Å². The zero-order chi connectivity index (χ0) is 10.7.